The van der Waals surface area contributed by atoms with Gasteiger partial charge in [-0.1, -0.05) is 18.2 Å². The number of nitrogen functional groups attached to an aromatic ring is 1. The van der Waals surface area contributed by atoms with Crippen LogP contribution in [0.5, 0.6) is 11.5 Å². The van der Waals surface area contributed by atoms with Gasteiger partial charge in [-0.05, 0) is 77.9 Å². The van der Waals surface area contributed by atoms with Crippen LogP contribution in [-0.2, 0) is 4.79 Å². The molecule has 0 aliphatic carbocycles. The Hall–Kier alpha value is -4.86. The lowest BCUT2D eigenvalue weighted by Gasteiger charge is -2.48. The molecule has 12 heteroatoms. The third-order valence-corrected chi connectivity index (χ3v) is 9.75. The number of anilines is 1. The highest BCUT2D eigenvalue weighted by Gasteiger charge is 2.36. The minimum Gasteiger partial charge on any atom is -0.457 e. The van der Waals surface area contributed by atoms with Gasteiger partial charge in [0.15, 0.2) is 5.65 Å². The SMILES string of the molecule is C[C@@H]1CN(C(C)(C)/C=C(\C#N)C(=O)N2CCC[C@@H](n3nc(-c4ccc(Oc5ccccc5)cc4F)c4c(N)ncnc43)C2)C[C@H](C)N1C. The highest BCUT2D eigenvalue weighted by atomic mass is 19.1. The molecule has 4 heterocycles. The predicted molar refractivity (Wildman–Crippen MR) is 183 cm³/mol. The summed E-state index contributed by atoms with van der Waals surface area (Å²) >= 11 is 0. The van der Waals surface area contributed by atoms with E-state index >= 15 is 4.39 Å². The molecule has 3 atom stereocenters. The molecule has 2 aromatic carbocycles. The molecule has 48 heavy (non-hydrogen) atoms. The van der Waals surface area contributed by atoms with Gasteiger partial charge in [-0.2, -0.15) is 10.4 Å². The van der Waals surface area contributed by atoms with Crippen LogP contribution >= 0.6 is 0 Å². The van der Waals surface area contributed by atoms with Crippen LogP contribution in [0.15, 0.2) is 66.5 Å². The molecule has 0 bridgehead atoms. The molecule has 2 aromatic heterocycles. The zero-order valence-corrected chi connectivity index (χ0v) is 28.1. The summed E-state index contributed by atoms with van der Waals surface area (Å²) < 4.78 is 23.2. The number of piperazine rings is 1. The number of hydrogen-bond donors (Lipinski definition) is 1. The number of likely N-dealkylation sites (N-methyl/N-ethyl adjacent to an activating group) is 1. The van der Waals surface area contributed by atoms with Gasteiger partial charge in [-0.25, -0.2) is 19.0 Å². The number of carbonyl (C=O) groups excluding carboxylic acids is 1. The number of aromatic nitrogens is 4. The van der Waals surface area contributed by atoms with E-state index in [0.29, 0.717) is 66.2 Å². The molecule has 0 saturated carbocycles. The van der Waals surface area contributed by atoms with Gasteiger partial charge in [0, 0.05) is 55.4 Å². The summed E-state index contributed by atoms with van der Waals surface area (Å²) in [5, 5.41) is 15.4. The molecule has 6 rings (SSSR count). The largest absolute Gasteiger partial charge is 0.457 e. The van der Waals surface area contributed by atoms with Crippen LogP contribution in [0.4, 0.5) is 10.2 Å². The van der Waals surface area contributed by atoms with Crippen LogP contribution < -0.4 is 10.5 Å². The Balaban J connectivity index is 1.27. The number of piperidine rings is 1. The monoisotopic (exact) mass is 651 g/mol. The molecular formula is C36H42FN9O2. The molecular weight excluding hydrogens is 609 g/mol. The second-order valence-corrected chi connectivity index (χ2v) is 13.4. The quantitative estimate of drug-likeness (QED) is 0.206. The number of fused-ring (bicyclic) bond motifs is 1. The first-order valence-electron chi connectivity index (χ1n) is 16.4. The molecule has 0 spiro atoms. The average Bonchev–Trinajstić information content (AvgIpc) is 3.47. The van der Waals surface area contributed by atoms with Crippen molar-refractivity contribution in [1.82, 2.24) is 34.4 Å². The number of carbonyl (C=O) groups is 1. The van der Waals surface area contributed by atoms with E-state index in [2.05, 4.69) is 60.6 Å². The summed E-state index contributed by atoms with van der Waals surface area (Å²) in [6.45, 7) is 11.0. The standard InChI is InChI=1S/C36H42FN9O2/c1-23-19-45(20-24(2)43(23)5)36(3,4)17-25(18-38)35(47)44-15-9-10-26(21-44)46-34-31(33(39)40-22-41-34)32(42-46)29-14-13-28(16-30(29)37)48-27-11-7-6-8-12-27/h6-8,11-14,16-17,22-24,26H,9-10,15,19-21H2,1-5H3,(H2,39,40,41)/b25-17+/t23-,24+,26-/m1/s1. The van der Waals surface area contributed by atoms with Crippen LogP contribution in [-0.4, -0.2) is 91.2 Å². The van der Waals surface area contributed by atoms with Crippen LogP contribution in [0, 0.1) is 17.1 Å². The van der Waals surface area contributed by atoms with Gasteiger partial charge >= 0.3 is 0 Å². The van der Waals surface area contributed by atoms with Crippen LogP contribution in [0.1, 0.15) is 46.6 Å². The van der Waals surface area contributed by atoms with Gasteiger partial charge in [0.1, 0.15) is 46.8 Å². The summed E-state index contributed by atoms with van der Waals surface area (Å²) in [5.74, 6) is 0.275. The smallest absolute Gasteiger partial charge is 0.264 e. The Morgan fingerprint density at radius 3 is 2.50 bits per heavy atom. The van der Waals surface area contributed by atoms with Gasteiger partial charge in [0.2, 0.25) is 0 Å². The third kappa shape index (κ3) is 6.48. The number of amides is 1. The number of para-hydroxylation sites is 1. The number of halogens is 1. The Labute approximate surface area is 280 Å². The maximum atomic E-state index is 15.7. The number of nitrogens with two attached hydrogens (primary N) is 1. The predicted octanol–water partition coefficient (Wildman–Crippen LogP) is 5.42. The van der Waals surface area contributed by atoms with E-state index in [-0.39, 0.29) is 28.9 Å². The van der Waals surface area contributed by atoms with Crippen LogP contribution in [0.25, 0.3) is 22.3 Å². The lowest BCUT2D eigenvalue weighted by molar-refractivity contribution is -0.128. The lowest BCUT2D eigenvalue weighted by Crippen LogP contribution is -2.60. The summed E-state index contributed by atoms with van der Waals surface area (Å²) in [5.41, 5.74) is 6.96. The molecule has 250 valence electrons. The minimum absolute atomic E-state index is 0.123. The van der Waals surface area contributed by atoms with Crippen molar-refractivity contribution in [3.8, 4) is 28.8 Å². The number of likely N-dealkylation sites (tertiary alicyclic amines) is 1. The van der Waals surface area contributed by atoms with E-state index in [0.717, 1.165) is 13.1 Å². The zero-order valence-electron chi connectivity index (χ0n) is 28.1. The molecule has 2 saturated heterocycles. The summed E-state index contributed by atoms with van der Waals surface area (Å²) in [4.78, 5) is 28.9. The first-order chi connectivity index (χ1) is 23.0. The molecule has 2 fully saturated rings. The first-order valence-corrected chi connectivity index (χ1v) is 16.4. The van der Waals surface area contributed by atoms with Crippen molar-refractivity contribution < 1.29 is 13.9 Å². The molecule has 11 nitrogen and oxygen atoms in total. The van der Waals surface area contributed by atoms with Gasteiger partial charge in [0.05, 0.1) is 11.4 Å². The van der Waals surface area contributed by atoms with E-state index in [1.807, 2.05) is 24.3 Å². The summed E-state index contributed by atoms with van der Waals surface area (Å²) in [7, 11) is 2.13. The van der Waals surface area contributed by atoms with E-state index in [9.17, 15) is 10.1 Å². The highest BCUT2D eigenvalue weighted by molar-refractivity contribution is 5.99. The van der Waals surface area contributed by atoms with Gasteiger partial charge < -0.3 is 15.4 Å². The van der Waals surface area contributed by atoms with Crippen molar-refractivity contribution in [2.24, 2.45) is 0 Å². The fourth-order valence-electron chi connectivity index (χ4n) is 6.79. The Bertz CT molecular complexity index is 1870. The third-order valence-electron chi connectivity index (χ3n) is 9.75. The second kappa shape index (κ2) is 13.3. The van der Waals surface area contributed by atoms with Gasteiger partial charge in [-0.3, -0.25) is 14.6 Å². The number of ether oxygens (including phenoxy) is 1. The highest BCUT2D eigenvalue weighted by Crippen LogP contribution is 2.36. The average molecular weight is 652 g/mol. The number of benzene rings is 2. The maximum Gasteiger partial charge on any atom is 0.264 e. The fraction of sp³-hybridized carbons (Fsp3) is 0.417. The van der Waals surface area contributed by atoms with Gasteiger partial charge in [-0.15, -0.1) is 0 Å². The molecule has 1 amide bonds. The topological polar surface area (TPSA) is 129 Å². The Morgan fingerprint density at radius 2 is 1.81 bits per heavy atom. The van der Waals surface area contributed by atoms with Gasteiger partial charge in [0.25, 0.3) is 5.91 Å². The summed E-state index contributed by atoms with van der Waals surface area (Å²) in [6, 6.07) is 16.4. The Morgan fingerprint density at radius 1 is 1.08 bits per heavy atom. The van der Waals surface area contributed by atoms with E-state index in [1.165, 1.54) is 12.4 Å². The number of hydrogen-bond acceptors (Lipinski definition) is 9. The molecule has 0 unspecified atom stereocenters. The summed E-state index contributed by atoms with van der Waals surface area (Å²) in [6.07, 6.45) is 4.58. The molecule has 4 aromatic rings. The molecule has 2 N–H and O–H groups in total. The van der Waals surface area contributed by atoms with Crippen molar-refractivity contribution in [3.63, 3.8) is 0 Å². The Kier molecular flexibility index (Phi) is 9.18. The van der Waals surface area contributed by atoms with E-state index in [1.54, 1.807) is 33.8 Å². The number of nitrogens with zero attached hydrogens (tertiary/aromatic N) is 8. The lowest BCUT2D eigenvalue weighted by atomic mass is 9.94. The van der Waals surface area contributed by atoms with Crippen molar-refractivity contribution in [2.75, 3.05) is 39.0 Å². The normalized spacial score (nSPS) is 21.3. The minimum atomic E-state index is -0.533. The first kappa shape index (κ1) is 33.1. The maximum absolute atomic E-state index is 15.7. The van der Waals surface area contributed by atoms with E-state index in [4.69, 9.17) is 15.6 Å². The fourth-order valence-corrected chi connectivity index (χ4v) is 6.79. The van der Waals surface area contributed by atoms with Crippen LogP contribution in [0.2, 0.25) is 0 Å². The van der Waals surface area contributed by atoms with Crippen molar-refractivity contribution >= 4 is 22.8 Å². The number of nitriles is 1. The van der Waals surface area contributed by atoms with Crippen molar-refractivity contribution in [1.29, 1.82) is 5.26 Å². The van der Waals surface area contributed by atoms with Crippen molar-refractivity contribution in [3.05, 3.63) is 72.3 Å². The number of rotatable bonds is 7. The zero-order chi connectivity index (χ0) is 34.2. The van der Waals surface area contributed by atoms with Crippen LogP contribution in [0.3, 0.4) is 0 Å². The second-order valence-electron chi connectivity index (χ2n) is 13.4. The molecule has 2 aliphatic heterocycles. The van der Waals surface area contributed by atoms with Crippen molar-refractivity contribution in [2.45, 2.75) is 64.2 Å². The molecule has 2 aliphatic rings. The van der Waals surface area contributed by atoms with E-state index < -0.39 is 11.4 Å². The molecule has 0 radical (unpaired) electrons.